The first-order valence-corrected chi connectivity index (χ1v) is 13.1. The summed E-state index contributed by atoms with van der Waals surface area (Å²) in [6, 6.07) is 15.4. The van der Waals surface area contributed by atoms with Gasteiger partial charge in [0.05, 0.1) is 17.3 Å². The van der Waals surface area contributed by atoms with Crippen molar-refractivity contribution in [3.63, 3.8) is 0 Å². The van der Waals surface area contributed by atoms with Gasteiger partial charge in [0.15, 0.2) is 0 Å². The van der Waals surface area contributed by atoms with Gasteiger partial charge < -0.3 is 19.8 Å². The van der Waals surface area contributed by atoms with E-state index in [1.54, 1.807) is 0 Å². The summed E-state index contributed by atoms with van der Waals surface area (Å²) >= 11 is 0. The van der Waals surface area contributed by atoms with E-state index in [-0.39, 0.29) is 17.1 Å². The van der Waals surface area contributed by atoms with Crippen LogP contribution in [0.5, 0.6) is 0 Å². The van der Waals surface area contributed by atoms with Crippen molar-refractivity contribution in [1.29, 1.82) is 0 Å². The van der Waals surface area contributed by atoms with Gasteiger partial charge in [-0.15, -0.1) is 0 Å². The standard InChI is InChI=1S/C31H35NO3/c1-29-13-12-22-17-24-27(33)28(34)25(32(2)3)18-30(24)14-15-31(22,35-30)26(29)11-10-23(29)21-9-8-19-6-4-5-7-20(19)16-21/h4-10,12,16-17,25-28,33-34H,11,13-15,18H2,1-3H3/t25-,26+,27+,28+,29+,30+,31+/m0/s1. The highest BCUT2D eigenvalue weighted by Gasteiger charge is 2.67. The number of aliphatic hydroxyl groups is 2. The summed E-state index contributed by atoms with van der Waals surface area (Å²) in [7, 11) is 3.97. The van der Waals surface area contributed by atoms with Crippen molar-refractivity contribution in [2.45, 2.75) is 68.5 Å². The number of likely N-dealkylation sites (N-methyl/N-ethyl adjacent to an activating group) is 1. The highest BCUT2D eigenvalue weighted by atomic mass is 16.5. The molecule has 2 aromatic rings. The van der Waals surface area contributed by atoms with Gasteiger partial charge in [-0.25, -0.2) is 0 Å². The molecule has 0 unspecified atom stereocenters. The van der Waals surface area contributed by atoms with E-state index in [4.69, 9.17) is 4.74 Å². The number of rotatable bonds is 2. The summed E-state index contributed by atoms with van der Waals surface area (Å²) in [5.74, 6) is 0.371. The lowest BCUT2D eigenvalue weighted by Gasteiger charge is -2.55. The zero-order chi connectivity index (χ0) is 24.2. The SMILES string of the molecule is CN(C)[C@H]1C[C@@]23CC[C@@]4(O2)C(=CC[C@]2(C)C(c5ccc6ccccc6c5)=CC[C@H]24)C=C3[C@@H](O)[C@@H]1O. The minimum absolute atomic E-state index is 0.0105. The Bertz CT molecular complexity index is 1320. The number of fused-ring (bicyclic) bond motifs is 2. The lowest BCUT2D eigenvalue weighted by atomic mass is 9.58. The monoisotopic (exact) mass is 469 g/mol. The van der Waals surface area contributed by atoms with Crippen molar-refractivity contribution < 1.29 is 14.9 Å². The fraction of sp³-hybridized carbons (Fsp3) is 0.484. The average molecular weight is 470 g/mol. The predicted molar refractivity (Wildman–Crippen MR) is 139 cm³/mol. The molecule has 3 aliphatic carbocycles. The van der Waals surface area contributed by atoms with Crippen LogP contribution in [0.25, 0.3) is 16.3 Å². The molecule has 2 N–H and O–H groups in total. The van der Waals surface area contributed by atoms with Crippen LogP contribution in [0.15, 0.2) is 71.8 Å². The number of ether oxygens (including phenoxy) is 1. The van der Waals surface area contributed by atoms with E-state index in [0.717, 1.165) is 37.7 Å². The largest absolute Gasteiger partial charge is 0.388 e. The van der Waals surface area contributed by atoms with Crippen LogP contribution in [0, 0.1) is 11.3 Å². The molecular weight excluding hydrogens is 434 g/mol. The molecule has 2 aliphatic heterocycles. The number of hydrogen-bond acceptors (Lipinski definition) is 4. The fourth-order valence-electron chi connectivity index (χ4n) is 8.30. The highest BCUT2D eigenvalue weighted by molar-refractivity contribution is 5.87. The second-order valence-electron chi connectivity index (χ2n) is 12.0. The summed E-state index contributed by atoms with van der Waals surface area (Å²) in [5, 5.41) is 24.6. The molecule has 2 heterocycles. The fourth-order valence-corrected chi connectivity index (χ4v) is 8.30. The highest BCUT2D eigenvalue weighted by Crippen LogP contribution is 2.67. The van der Waals surface area contributed by atoms with Gasteiger partial charge >= 0.3 is 0 Å². The maximum absolute atomic E-state index is 11.1. The maximum atomic E-state index is 11.1. The molecule has 2 aromatic carbocycles. The number of aliphatic hydroxyl groups excluding tert-OH is 2. The van der Waals surface area contributed by atoms with Crippen LogP contribution in [0.4, 0.5) is 0 Å². The van der Waals surface area contributed by atoms with Crippen molar-refractivity contribution in [1.82, 2.24) is 4.90 Å². The Labute approximate surface area is 207 Å². The third-order valence-corrected chi connectivity index (χ3v) is 10.2. The molecule has 7 atom stereocenters. The third kappa shape index (κ3) is 2.77. The second-order valence-corrected chi connectivity index (χ2v) is 12.0. The molecule has 0 radical (unpaired) electrons. The molecule has 1 saturated carbocycles. The maximum Gasteiger partial charge on any atom is 0.105 e. The Hall–Kier alpha value is -2.24. The number of hydrogen-bond donors (Lipinski definition) is 2. The Balaban J connectivity index is 1.30. The zero-order valence-electron chi connectivity index (χ0n) is 20.9. The normalized spacial score (nSPS) is 41.7. The molecule has 4 nitrogen and oxygen atoms in total. The molecule has 0 aromatic heterocycles. The molecule has 2 bridgehead atoms. The molecule has 2 spiro atoms. The first-order chi connectivity index (χ1) is 16.8. The lowest BCUT2D eigenvalue weighted by molar-refractivity contribution is -0.161. The van der Waals surface area contributed by atoms with Gasteiger partial charge in [-0.1, -0.05) is 61.5 Å². The molecule has 0 amide bonds. The van der Waals surface area contributed by atoms with Crippen LogP contribution in [0.3, 0.4) is 0 Å². The van der Waals surface area contributed by atoms with E-state index < -0.39 is 17.8 Å². The molecule has 5 aliphatic rings. The Morgan fingerprint density at radius 1 is 1.00 bits per heavy atom. The Morgan fingerprint density at radius 3 is 2.60 bits per heavy atom. The first kappa shape index (κ1) is 22.0. The van der Waals surface area contributed by atoms with Crippen molar-refractivity contribution in [3.8, 4) is 0 Å². The van der Waals surface area contributed by atoms with Crippen LogP contribution in [0.2, 0.25) is 0 Å². The van der Waals surface area contributed by atoms with Crippen LogP contribution in [-0.4, -0.2) is 58.7 Å². The third-order valence-electron chi connectivity index (χ3n) is 10.2. The van der Waals surface area contributed by atoms with E-state index in [2.05, 4.69) is 67.6 Å². The second kappa shape index (κ2) is 7.17. The van der Waals surface area contributed by atoms with Gasteiger partial charge in [-0.05, 0) is 85.3 Å². The minimum Gasteiger partial charge on any atom is -0.388 e. The summed E-state index contributed by atoms with van der Waals surface area (Å²) < 4.78 is 7.25. The van der Waals surface area contributed by atoms with Crippen LogP contribution in [0.1, 0.15) is 44.6 Å². The summed E-state index contributed by atoms with van der Waals surface area (Å²) in [5.41, 5.74) is 4.11. The van der Waals surface area contributed by atoms with Gasteiger partial charge in [-0.3, -0.25) is 0 Å². The smallest absolute Gasteiger partial charge is 0.105 e. The minimum atomic E-state index is -0.878. The molecule has 7 rings (SSSR count). The number of allylic oxidation sites excluding steroid dienone is 3. The number of nitrogens with zero attached hydrogens (tertiary/aromatic N) is 1. The van der Waals surface area contributed by atoms with Crippen LogP contribution < -0.4 is 0 Å². The van der Waals surface area contributed by atoms with Crippen LogP contribution >= 0.6 is 0 Å². The van der Waals surface area contributed by atoms with Crippen LogP contribution in [-0.2, 0) is 4.74 Å². The first-order valence-electron chi connectivity index (χ1n) is 13.1. The molecule has 35 heavy (non-hydrogen) atoms. The van der Waals surface area contributed by atoms with Gasteiger partial charge in [0.1, 0.15) is 6.10 Å². The van der Waals surface area contributed by atoms with E-state index in [1.807, 2.05) is 19.0 Å². The van der Waals surface area contributed by atoms with Crippen molar-refractivity contribution in [2.75, 3.05) is 14.1 Å². The zero-order valence-corrected chi connectivity index (χ0v) is 20.9. The summed E-state index contributed by atoms with van der Waals surface area (Å²) in [6.45, 7) is 2.43. The average Bonchev–Trinajstić information content (AvgIpc) is 3.37. The van der Waals surface area contributed by atoms with E-state index in [0.29, 0.717) is 5.92 Å². The molecule has 1 saturated heterocycles. The molecule has 182 valence electrons. The van der Waals surface area contributed by atoms with Gasteiger partial charge in [-0.2, -0.15) is 0 Å². The van der Waals surface area contributed by atoms with Gasteiger partial charge in [0, 0.05) is 17.4 Å². The van der Waals surface area contributed by atoms with E-state index >= 15 is 0 Å². The Morgan fingerprint density at radius 2 is 1.80 bits per heavy atom. The van der Waals surface area contributed by atoms with E-state index in [9.17, 15) is 10.2 Å². The molecule has 2 fully saturated rings. The number of benzene rings is 2. The lowest BCUT2D eigenvalue weighted by Crippen LogP contribution is -2.61. The van der Waals surface area contributed by atoms with Crippen molar-refractivity contribution >= 4 is 16.3 Å². The predicted octanol–water partition coefficient (Wildman–Crippen LogP) is 4.86. The molecular formula is C31H35NO3. The molecule has 4 heteroatoms. The summed E-state index contributed by atoms with van der Waals surface area (Å²) in [4.78, 5) is 2.04. The Kier molecular flexibility index (Phi) is 4.50. The summed E-state index contributed by atoms with van der Waals surface area (Å²) in [6.07, 6.45) is 9.97. The van der Waals surface area contributed by atoms with E-state index in [1.165, 1.54) is 27.5 Å². The topological polar surface area (TPSA) is 52.9 Å². The quantitative estimate of drug-likeness (QED) is 0.659. The van der Waals surface area contributed by atoms with Gasteiger partial charge in [0.25, 0.3) is 0 Å². The van der Waals surface area contributed by atoms with Crippen molar-refractivity contribution in [2.24, 2.45) is 11.3 Å². The van der Waals surface area contributed by atoms with Crippen molar-refractivity contribution in [3.05, 3.63) is 77.4 Å². The van der Waals surface area contributed by atoms with Gasteiger partial charge in [0.2, 0.25) is 0 Å².